The van der Waals surface area contributed by atoms with Crippen LogP contribution in [0.3, 0.4) is 0 Å². The molecule has 4 aliphatic heterocycles. The molecular formula is C22H26N8O2S. The molecule has 0 radical (unpaired) electrons. The highest BCUT2D eigenvalue weighted by Crippen LogP contribution is 2.38. The Balaban J connectivity index is 1.31. The molecule has 1 amide bonds. The van der Waals surface area contributed by atoms with Crippen molar-refractivity contribution < 1.29 is 9.21 Å². The molecule has 0 aromatic carbocycles. The molecule has 2 aromatic rings. The highest BCUT2D eigenvalue weighted by molar-refractivity contribution is 7.90. The predicted octanol–water partition coefficient (Wildman–Crippen LogP) is 3.07. The van der Waals surface area contributed by atoms with Crippen LogP contribution in [0.1, 0.15) is 54.1 Å². The van der Waals surface area contributed by atoms with E-state index in [0.717, 1.165) is 48.6 Å². The minimum atomic E-state index is -0.601. The van der Waals surface area contributed by atoms with Crippen LogP contribution in [0.25, 0.3) is 0 Å². The van der Waals surface area contributed by atoms with Crippen molar-refractivity contribution >= 4 is 22.6 Å². The van der Waals surface area contributed by atoms with E-state index in [4.69, 9.17) is 8.89 Å². The van der Waals surface area contributed by atoms with Crippen molar-refractivity contribution in [3.8, 4) is 0 Å². The molecule has 4 aliphatic rings. The van der Waals surface area contributed by atoms with Crippen molar-refractivity contribution in [2.75, 3.05) is 24.5 Å². The summed E-state index contributed by atoms with van der Waals surface area (Å²) < 4.78 is 10.8. The molecule has 172 valence electrons. The van der Waals surface area contributed by atoms with Gasteiger partial charge in [-0.15, -0.1) is 9.57 Å². The summed E-state index contributed by atoms with van der Waals surface area (Å²) in [6, 6.07) is 0.428. The third-order valence-electron chi connectivity index (χ3n) is 6.65. The van der Waals surface area contributed by atoms with Crippen molar-refractivity contribution in [2.24, 2.45) is 10.4 Å². The molecule has 0 saturated carbocycles. The van der Waals surface area contributed by atoms with Crippen LogP contribution in [0, 0.1) is 5.92 Å². The summed E-state index contributed by atoms with van der Waals surface area (Å²) in [7, 11) is -0.601. The summed E-state index contributed by atoms with van der Waals surface area (Å²) in [5, 5.41) is 12.0. The Hall–Kier alpha value is -3.21. The number of H-pyrrole nitrogens is 1. The number of nitrogens with one attached hydrogen (secondary N) is 1. The van der Waals surface area contributed by atoms with Gasteiger partial charge in [0.05, 0.1) is 17.7 Å². The number of piperidine rings is 1. The van der Waals surface area contributed by atoms with Crippen molar-refractivity contribution in [1.29, 1.82) is 0 Å². The number of anilines is 1. The van der Waals surface area contributed by atoms with E-state index in [2.05, 4.69) is 50.4 Å². The van der Waals surface area contributed by atoms with Gasteiger partial charge < -0.3 is 19.2 Å². The topological polar surface area (TPSA) is 107 Å². The largest absolute Gasteiger partial charge is 0.399 e. The molecule has 0 spiro atoms. The molecule has 1 unspecified atom stereocenters. The van der Waals surface area contributed by atoms with E-state index in [9.17, 15) is 4.79 Å². The number of fused-ring (bicyclic) bond motifs is 2. The smallest absolute Gasteiger partial charge is 0.318 e. The van der Waals surface area contributed by atoms with Gasteiger partial charge in [0.25, 0.3) is 0 Å². The van der Waals surface area contributed by atoms with Crippen LogP contribution >= 0.6 is 0 Å². The minimum absolute atomic E-state index is 0.0248. The molecule has 1 N–H and O–H groups in total. The second-order valence-corrected chi connectivity index (χ2v) is 10.4. The number of hydrogen-bond donors (Lipinski definition) is 1. The zero-order valence-electron chi connectivity index (χ0n) is 18.6. The van der Waals surface area contributed by atoms with Crippen molar-refractivity contribution in [3.05, 3.63) is 58.6 Å². The van der Waals surface area contributed by atoms with Crippen molar-refractivity contribution in [1.82, 2.24) is 30.1 Å². The van der Waals surface area contributed by atoms with E-state index in [1.807, 2.05) is 17.3 Å². The normalized spacial score (nSPS) is 24.8. The van der Waals surface area contributed by atoms with Crippen LogP contribution in [-0.2, 0) is 17.1 Å². The van der Waals surface area contributed by atoms with Gasteiger partial charge in [0.2, 0.25) is 0 Å². The highest BCUT2D eigenvalue weighted by Gasteiger charge is 2.40. The molecule has 1 saturated heterocycles. The summed E-state index contributed by atoms with van der Waals surface area (Å²) in [5.41, 5.74) is 4.10. The summed E-state index contributed by atoms with van der Waals surface area (Å²) in [6.07, 6.45) is 10.5. The zero-order chi connectivity index (χ0) is 22.5. The fraction of sp³-hybridized carbons (Fsp3) is 0.455. The lowest BCUT2D eigenvalue weighted by Gasteiger charge is -2.33. The third-order valence-corrected chi connectivity index (χ3v) is 8.42. The molecule has 0 aliphatic carbocycles. The summed E-state index contributed by atoms with van der Waals surface area (Å²) >= 11 is 0. The summed E-state index contributed by atoms with van der Waals surface area (Å²) in [4.78, 5) is 25.3. The maximum absolute atomic E-state index is 13.6. The van der Waals surface area contributed by atoms with E-state index >= 15 is 0 Å². The van der Waals surface area contributed by atoms with Gasteiger partial charge in [-0.05, 0) is 48.0 Å². The fourth-order valence-electron chi connectivity index (χ4n) is 4.63. The number of allylic oxidation sites excluding steroid dienone is 3. The first-order valence-corrected chi connectivity index (χ1v) is 12.6. The lowest BCUT2D eigenvalue weighted by atomic mass is 10.00. The van der Waals surface area contributed by atoms with Gasteiger partial charge in [-0.1, -0.05) is 18.1 Å². The molecule has 2 atom stereocenters. The van der Waals surface area contributed by atoms with Gasteiger partial charge in [-0.3, -0.25) is 4.79 Å². The van der Waals surface area contributed by atoms with Crippen LogP contribution in [0.2, 0.25) is 0 Å². The van der Waals surface area contributed by atoms with E-state index < -0.39 is 10.7 Å². The van der Waals surface area contributed by atoms with Crippen molar-refractivity contribution in [3.63, 3.8) is 0 Å². The molecule has 11 heteroatoms. The van der Waals surface area contributed by atoms with E-state index in [1.54, 1.807) is 11.2 Å². The SMILES string of the molecule is CC1=CC=CN2N=S([C@H]3c4nc[nH]c4CCN3C(=O)c3nnc(N4CCC(C)CC4)o3)C=C12. The molecule has 0 bridgehead atoms. The van der Waals surface area contributed by atoms with Crippen LogP contribution in [0.15, 0.2) is 50.2 Å². The lowest BCUT2D eigenvalue weighted by molar-refractivity contribution is 0.0683. The van der Waals surface area contributed by atoms with E-state index in [1.165, 1.54) is 0 Å². The number of imidazole rings is 1. The molecule has 2 aromatic heterocycles. The Morgan fingerprint density at radius 3 is 2.91 bits per heavy atom. The summed E-state index contributed by atoms with van der Waals surface area (Å²) in [5.74, 6) is 0.448. The first-order chi connectivity index (χ1) is 16.1. The average Bonchev–Trinajstić information content (AvgIpc) is 3.57. The van der Waals surface area contributed by atoms with Gasteiger partial charge in [-0.25, -0.2) is 9.99 Å². The van der Waals surface area contributed by atoms with Gasteiger partial charge in [0, 0.05) is 43.4 Å². The second-order valence-electron chi connectivity index (χ2n) is 8.89. The van der Waals surface area contributed by atoms with Crippen LogP contribution in [0.4, 0.5) is 6.01 Å². The molecule has 33 heavy (non-hydrogen) atoms. The number of carbonyl (C=O) groups is 1. The standard InChI is InChI=1S/C22H26N8O2S/c1-14-5-9-28(10-6-14)22-26-25-19(32-22)20(31)29-11-7-16-18(24-13-23-16)21(29)33-12-17-15(2)4-3-8-30(17)27-33/h3-4,8,12-14,21H,5-7,9-11H2,1-2H3,(H,23,24)/t21-,33?/m0/s1. The third kappa shape index (κ3) is 3.50. The van der Waals surface area contributed by atoms with Gasteiger partial charge in [-0.2, -0.15) is 0 Å². The quantitative estimate of drug-likeness (QED) is 0.741. The minimum Gasteiger partial charge on any atom is -0.399 e. The Morgan fingerprint density at radius 1 is 1.24 bits per heavy atom. The molecule has 1 fully saturated rings. The van der Waals surface area contributed by atoms with Crippen LogP contribution in [-0.4, -0.2) is 55.6 Å². The monoisotopic (exact) mass is 466 g/mol. The van der Waals surface area contributed by atoms with Crippen molar-refractivity contribution in [2.45, 2.75) is 38.5 Å². The van der Waals surface area contributed by atoms with Gasteiger partial charge >= 0.3 is 17.8 Å². The Kier molecular flexibility index (Phi) is 4.93. The zero-order valence-corrected chi connectivity index (χ0v) is 19.5. The number of aromatic amines is 1. The Labute approximate surface area is 194 Å². The molecule has 10 nitrogen and oxygen atoms in total. The maximum atomic E-state index is 13.6. The average molecular weight is 467 g/mol. The van der Waals surface area contributed by atoms with Crippen LogP contribution in [0.5, 0.6) is 0 Å². The molecular weight excluding hydrogens is 440 g/mol. The lowest BCUT2D eigenvalue weighted by Crippen LogP contribution is -2.41. The Bertz CT molecular complexity index is 1220. The number of nitrogens with zero attached hydrogens (tertiary/aromatic N) is 7. The van der Waals surface area contributed by atoms with E-state index in [0.29, 0.717) is 24.9 Å². The molecule has 6 rings (SSSR count). The number of amides is 1. The molecule has 6 heterocycles. The van der Waals surface area contributed by atoms with E-state index in [-0.39, 0.29) is 17.2 Å². The number of carbonyl (C=O) groups excluding carboxylic acids is 1. The van der Waals surface area contributed by atoms with Gasteiger partial charge in [0.15, 0.2) is 0 Å². The fourth-order valence-corrected chi connectivity index (χ4v) is 6.66. The number of hydrogen-bond acceptors (Lipinski definition) is 8. The maximum Gasteiger partial charge on any atom is 0.318 e. The summed E-state index contributed by atoms with van der Waals surface area (Å²) in [6.45, 7) is 6.59. The first-order valence-electron chi connectivity index (χ1n) is 11.3. The Morgan fingerprint density at radius 2 is 2.09 bits per heavy atom. The number of aromatic nitrogens is 4. The first kappa shape index (κ1) is 20.4. The van der Waals surface area contributed by atoms with Crippen LogP contribution < -0.4 is 4.90 Å². The second kappa shape index (κ2) is 7.98. The van der Waals surface area contributed by atoms with Gasteiger partial charge in [0.1, 0.15) is 5.37 Å². The predicted molar refractivity (Wildman–Crippen MR) is 124 cm³/mol. The number of rotatable bonds is 3. The highest BCUT2D eigenvalue weighted by atomic mass is 32.2.